The summed E-state index contributed by atoms with van der Waals surface area (Å²) in [6, 6.07) is 61.1. The zero-order valence-electron chi connectivity index (χ0n) is 50.6. The minimum Gasteiger partial charge on any atom is -0.342 e. The van der Waals surface area contributed by atoms with E-state index in [9.17, 15) is 0 Å². The molecule has 0 N–H and O–H groups in total. The minimum atomic E-state index is 0.0327. The highest BCUT2D eigenvalue weighted by Crippen LogP contribution is 2.59. The first-order valence-corrected chi connectivity index (χ1v) is 32.9. The number of rotatable bonds is 12. The Hall–Kier alpha value is -9.05. The van der Waals surface area contributed by atoms with E-state index in [2.05, 4.69) is 297 Å². The van der Waals surface area contributed by atoms with Crippen LogP contribution in [0.15, 0.2) is 301 Å². The van der Waals surface area contributed by atoms with E-state index >= 15 is 0 Å². The molecular formula is C80H76B2N6. The van der Waals surface area contributed by atoms with E-state index in [0.29, 0.717) is 11.9 Å². The summed E-state index contributed by atoms with van der Waals surface area (Å²) in [5.74, 6) is 0.837. The van der Waals surface area contributed by atoms with Crippen molar-refractivity contribution in [1.29, 1.82) is 0 Å². The van der Waals surface area contributed by atoms with Gasteiger partial charge in [-0.3, -0.25) is 0 Å². The van der Waals surface area contributed by atoms with Crippen molar-refractivity contribution in [1.82, 2.24) is 4.90 Å². The summed E-state index contributed by atoms with van der Waals surface area (Å²) in [6.07, 6.45) is 46.8. The monoisotopic (exact) mass is 1140 g/mol. The average Bonchev–Trinajstić information content (AvgIpc) is 0.876. The van der Waals surface area contributed by atoms with Crippen LogP contribution in [-0.2, 0) is 0 Å². The third kappa shape index (κ3) is 9.18. The first-order valence-electron chi connectivity index (χ1n) is 32.9. The molecule has 3 fully saturated rings. The lowest BCUT2D eigenvalue weighted by molar-refractivity contribution is 0.220. The molecule has 6 aliphatic carbocycles. The largest absolute Gasteiger partial charge is 0.342 e. The van der Waals surface area contributed by atoms with Crippen LogP contribution in [0, 0.1) is 0 Å². The topological polar surface area (TPSA) is 19.4 Å². The smallest absolute Gasteiger partial charge is 0.221 e. The Labute approximate surface area is 522 Å². The Balaban J connectivity index is 0.966. The SMILES string of the molecule is C=C/C=C\C(=C/C)N1c2cc3c(cc2B2c4ccccc4N(c4ccccc4)C4CC(N(c5ccccc5)c5ccccc5)CCC1C24)B1C2C(=CC(N(C4=CC=CCC4)c4ccccc4)=CC2N3C2=CC=CCC2)N(C2=CC=C=C=C2)C2CCCC[C@H]12. The number of anilines is 7. The summed E-state index contributed by atoms with van der Waals surface area (Å²) >= 11 is 0. The molecule has 1 saturated heterocycles. The molecule has 4 heterocycles. The van der Waals surface area contributed by atoms with Crippen molar-refractivity contribution in [3.8, 4) is 0 Å². The molecule has 0 amide bonds. The summed E-state index contributed by atoms with van der Waals surface area (Å²) in [5.41, 5.74) is 28.1. The molecule has 8 heteroatoms. The zero-order chi connectivity index (χ0) is 58.7. The number of para-hydroxylation sites is 5. The van der Waals surface area contributed by atoms with E-state index in [1.165, 1.54) is 110 Å². The lowest BCUT2D eigenvalue weighted by Crippen LogP contribution is -2.69. The predicted molar refractivity (Wildman–Crippen MR) is 372 cm³/mol. The number of hydrogen-bond donors (Lipinski definition) is 0. The molecule has 7 unspecified atom stereocenters. The van der Waals surface area contributed by atoms with Gasteiger partial charge in [0.2, 0.25) is 6.71 Å². The van der Waals surface area contributed by atoms with Crippen molar-refractivity contribution in [2.45, 2.75) is 125 Å². The maximum atomic E-state index is 4.28. The minimum absolute atomic E-state index is 0.0327. The molecule has 88 heavy (non-hydrogen) atoms. The lowest BCUT2D eigenvalue weighted by Gasteiger charge is -2.60. The number of hydrogen-bond acceptors (Lipinski definition) is 6. The summed E-state index contributed by atoms with van der Waals surface area (Å²) in [6.45, 7) is 6.95. The molecule has 2 saturated carbocycles. The predicted octanol–water partition coefficient (Wildman–Crippen LogP) is 16.8. The molecule has 6 aromatic rings. The Morgan fingerprint density at radius 3 is 2.06 bits per heavy atom. The number of benzene rings is 6. The molecule has 432 valence electrons. The molecule has 0 spiro atoms. The average molecular weight is 1140 g/mol. The summed E-state index contributed by atoms with van der Waals surface area (Å²) in [4.78, 5) is 16.7. The van der Waals surface area contributed by atoms with Gasteiger partial charge in [0, 0.05) is 104 Å². The Bertz CT molecular complexity index is 4040. The summed E-state index contributed by atoms with van der Waals surface area (Å²) in [7, 11) is 0. The third-order valence-corrected chi connectivity index (χ3v) is 21.3. The van der Waals surface area contributed by atoms with E-state index in [0.717, 1.165) is 51.4 Å². The van der Waals surface area contributed by atoms with Gasteiger partial charge >= 0.3 is 0 Å². The molecular weight excluding hydrogens is 1070 g/mol. The van der Waals surface area contributed by atoms with Gasteiger partial charge in [0.15, 0.2) is 6.71 Å². The first kappa shape index (κ1) is 54.3. The Kier molecular flexibility index (Phi) is 14.3. The van der Waals surface area contributed by atoms with E-state index in [1.807, 2.05) is 6.08 Å². The second-order valence-corrected chi connectivity index (χ2v) is 25.7. The Morgan fingerprint density at radius 1 is 0.636 bits per heavy atom. The molecule has 0 bridgehead atoms. The van der Waals surface area contributed by atoms with Crippen LogP contribution in [0.2, 0.25) is 17.5 Å². The highest BCUT2D eigenvalue weighted by Gasteiger charge is 2.60. The highest BCUT2D eigenvalue weighted by atomic mass is 15.3. The van der Waals surface area contributed by atoms with Crippen LogP contribution >= 0.6 is 0 Å². The van der Waals surface area contributed by atoms with Crippen LogP contribution in [-0.4, -0.2) is 48.5 Å². The molecule has 6 aromatic carbocycles. The van der Waals surface area contributed by atoms with E-state index in [-0.39, 0.29) is 49.2 Å². The quantitative estimate of drug-likeness (QED) is 0.0686. The van der Waals surface area contributed by atoms with Crippen LogP contribution in [0.3, 0.4) is 0 Å². The maximum Gasteiger partial charge on any atom is 0.221 e. The molecule has 0 radical (unpaired) electrons. The van der Waals surface area contributed by atoms with Gasteiger partial charge in [-0.1, -0.05) is 193 Å². The third-order valence-electron chi connectivity index (χ3n) is 21.3. The second kappa shape index (κ2) is 23.2. The molecule has 4 aliphatic heterocycles. The van der Waals surface area contributed by atoms with Gasteiger partial charge in [0.1, 0.15) is 0 Å². The van der Waals surface area contributed by atoms with Crippen LogP contribution in [0.1, 0.15) is 77.6 Å². The molecule has 8 atom stereocenters. The molecule has 10 aliphatic rings. The van der Waals surface area contributed by atoms with Crippen molar-refractivity contribution < 1.29 is 0 Å². The normalized spacial score (nSPS) is 25.4. The van der Waals surface area contributed by atoms with Gasteiger partial charge in [0.05, 0.1) is 11.7 Å². The Morgan fingerprint density at radius 2 is 1.35 bits per heavy atom. The lowest BCUT2D eigenvalue weighted by atomic mass is 9.22. The number of fused-ring (bicyclic) bond motifs is 8. The van der Waals surface area contributed by atoms with Gasteiger partial charge < -0.3 is 29.4 Å². The van der Waals surface area contributed by atoms with E-state index < -0.39 is 0 Å². The molecule has 16 rings (SSSR count). The van der Waals surface area contributed by atoms with Crippen LogP contribution in [0.5, 0.6) is 0 Å². The van der Waals surface area contributed by atoms with Crippen molar-refractivity contribution in [3.63, 3.8) is 0 Å². The van der Waals surface area contributed by atoms with Gasteiger partial charge in [-0.05, 0) is 173 Å². The van der Waals surface area contributed by atoms with Crippen LogP contribution in [0.25, 0.3) is 0 Å². The van der Waals surface area contributed by atoms with Crippen molar-refractivity contribution in [2.24, 2.45) is 0 Å². The highest BCUT2D eigenvalue weighted by molar-refractivity contribution is 6.90. The van der Waals surface area contributed by atoms with Crippen molar-refractivity contribution in [3.05, 3.63) is 301 Å². The van der Waals surface area contributed by atoms with Crippen LogP contribution in [0.4, 0.5) is 39.8 Å². The fourth-order valence-corrected chi connectivity index (χ4v) is 18.0. The number of nitrogens with zero attached hydrogens (tertiary/aromatic N) is 6. The molecule has 6 nitrogen and oxygen atoms in total. The van der Waals surface area contributed by atoms with Gasteiger partial charge in [-0.2, -0.15) is 0 Å². The summed E-state index contributed by atoms with van der Waals surface area (Å²) < 4.78 is 0. The van der Waals surface area contributed by atoms with Gasteiger partial charge in [-0.15, -0.1) is 0 Å². The van der Waals surface area contributed by atoms with Gasteiger partial charge in [0.25, 0.3) is 0 Å². The standard InChI is InChI=1S/C80H76B2N6/c1-3-5-31-57(4-2)85-73-51-50-65(83(58-32-13-6-14-33-58)59-34-15-7-16-35-59)52-76-79(73)81(67-46-27-29-48-71(67)86(76)62-40-21-10-22-41-62)69-55-70-75(56-74(69)85)88(64-44-25-12-26-45-64)78-54-66(84(60-36-17-8-18-37-60)61-38-19-9-20-39-61)53-77-80(78)82(70)68-47-28-30-49-72(68)87(77)63-42-23-11-24-43-63/h3-10,12-19,21-23,25,27,29,31-38,40-44,46,48,53-56,65,68,72-73,76,78-80H,1,20,26,28,30,39,45,47,49-52H2,2H3/b31-5-,57-4+/t65?,68-,72?,73?,76?,78?,79?,80?/m0/s1. The first-order chi connectivity index (χ1) is 43.6. The van der Waals surface area contributed by atoms with E-state index in [4.69, 9.17) is 0 Å². The second-order valence-electron chi connectivity index (χ2n) is 25.7. The maximum absolute atomic E-state index is 4.28. The zero-order valence-corrected chi connectivity index (χ0v) is 50.6. The summed E-state index contributed by atoms with van der Waals surface area (Å²) in [5, 5.41) is 0. The fraction of sp³-hybridized carbons (Fsp3) is 0.250. The van der Waals surface area contributed by atoms with E-state index in [1.54, 1.807) is 0 Å². The van der Waals surface area contributed by atoms with Crippen molar-refractivity contribution in [2.75, 3.05) is 24.5 Å². The van der Waals surface area contributed by atoms with Crippen molar-refractivity contribution >= 4 is 69.6 Å². The van der Waals surface area contributed by atoms with Crippen LogP contribution < -0.4 is 40.9 Å². The number of allylic oxidation sites excluding steroid dienone is 16. The fourth-order valence-electron chi connectivity index (χ4n) is 18.0. The molecule has 0 aromatic heterocycles. The van der Waals surface area contributed by atoms with Gasteiger partial charge in [-0.25, -0.2) is 0 Å².